The number of aliphatic hydroxyl groups is 1. The van der Waals surface area contributed by atoms with Crippen molar-refractivity contribution in [2.24, 2.45) is 5.92 Å². The van der Waals surface area contributed by atoms with Crippen molar-refractivity contribution in [2.75, 3.05) is 31.7 Å². The topological polar surface area (TPSA) is 45.6 Å². The second kappa shape index (κ2) is 7.38. The molecule has 1 aromatic rings. The van der Waals surface area contributed by atoms with Crippen molar-refractivity contribution in [3.8, 4) is 0 Å². The molecule has 0 aliphatic carbocycles. The van der Waals surface area contributed by atoms with E-state index in [9.17, 15) is 5.11 Å². The summed E-state index contributed by atoms with van der Waals surface area (Å²) in [7, 11) is 2.09. The van der Waals surface area contributed by atoms with Gasteiger partial charge < -0.3 is 14.7 Å². The van der Waals surface area contributed by atoms with Crippen LogP contribution in [0, 0.1) is 5.92 Å². The fourth-order valence-electron chi connectivity index (χ4n) is 2.62. The molecular weight excluding hydrogens is 272 g/mol. The number of hydrogen-bond acceptors (Lipinski definition) is 5. The van der Waals surface area contributed by atoms with Crippen molar-refractivity contribution in [1.82, 2.24) is 4.98 Å². The molecule has 20 heavy (non-hydrogen) atoms. The van der Waals surface area contributed by atoms with Crippen molar-refractivity contribution >= 4 is 16.5 Å². The molecule has 1 fully saturated rings. The van der Waals surface area contributed by atoms with Crippen molar-refractivity contribution in [3.05, 3.63) is 10.6 Å². The molecule has 114 valence electrons. The summed E-state index contributed by atoms with van der Waals surface area (Å²) in [6, 6.07) is 0. The van der Waals surface area contributed by atoms with Gasteiger partial charge in [-0.2, -0.15) is 0 Å². The van der Waals surface area contributed by atoms with Gasteiger partial charge in [-0.1, -0.05) is 25.2 Å². The van der Waals surface area contributed by atoms with Crippen molar-refractivity contribution in [2.45, 2.75) is 45.6 Å². The smallest absolute Gasteiger partial charge is 0.185 e. The Bertz CT molecular complexity index is 416. The summed E-state index contributed by atoms with van der Waals surface area (Å²) in [5.74, 6) is 1.01. The largest absolute Gasteiger partial charge is 0.391 e. The monoisotopic (exact) mass is 298 g/mol. The Kier molecular flexibility index (Phi) is 5.81. The standard InChI is InChI=1S/C15H26N2O2S/c1-4-11(2)14-13(9-18)20-15(16-14)17(3)8-12-6-5-7-19-10-12/h11-12,18H,4-10H2,1-3H3. The third-order valence-corrected chi connectivity index (χ3v) is 5.22. The number of nitrogens with zero attached hydrogens (tertiary/aromatic N) is 2. The summed E-state index contributed by atoms with van der Waals surface area (Å²) >= 11 is 1.62. The zero-order chi connectivity index (χ0) is 14.5. The number of thiazole rings is 1. The van der Waals surface area contributed by atoms with E-state index >= 15 is 0 Å². The van der Waals surface area contributed by atoms with E-state index in [1.54, 1.807) is 11.3 Å². The Morgan fingerprint density at radius 2 is 2.35 bits per heavy atom. The van der Waals surface area contributed by atoms with Crippen LogP contribution in [0.1, 0.15) is 49.6 Å². The molecule has 1 aromatic heterocycles. The van der Waals surface area contributed by atoms with Gasteiger partial charge in [-0.05, 0) is 31.1 Å². The molecular formula is C15H26N2O2S. The summed E-state index contributed by atoms with van der Waals surface area (Å²) < 4.78 is 5.54. The number of hydrogen-bond donors (Lipinski definition) is 1. The van der Waals surface area contributed by atoms with Gasteiger partial charge in [0, 0.05) is 20.2 Å². The maximum Gasteiger partial charge on any atom is 0.185 e. The summed E-state index contributed by atoms with van der Waals surface area (Å²) in [5, 5.41) is 10.5. The number of rotatable bonds is 6. The molecule has 1 aliphatic rings. The fraction of sp³-hybridized carbons (Fsp3) is 0.800. The highest BCUT2D eigenvalue weighted by molar-refractivity contribution is 7.15. The molecule has 0 spiro atoms. The predicted octanol–water partition coefficient (Wildman–Crippen LogP) is 3.01. The van der Waals surface area contributed by atoms with E-state index in [4.69, 9.17) is 9.72 Å². The highest BCUT2D eigenvalue weighted by Crippen LogP contribution is 2.32. The summed E-state index contributed by atoms with van der Waals surface area (Å²) in [6.45, 7) is 7.18. The maximum atomic E-state index is 9.51. The average molecular weight is 298 g/mol. The Balaban J connectivity index is 2.05. The molecule has 2 unspecified atom stereocenters. The highest BCUT2D eigenvalue weighted by atomic mass is 32.1. The molecule has 1 N–H and O–H groups in total. The van der Waals surface area contributed by atoms with Gasteiger partial charge in [-0.3, -0.25) is 0 Å². The van der Waals surface area contributed by atoms with Gasteiger partial charge in [0.05, 0.1) is 23.8 Å². The minimum Gasteiger partial charge on any atom is -0.391 e. The molecule has 0 bridgehead atoms. The van der Waals surface area contributed by atoms with Crippen LogP contribution in [0.2, 0.25) is 0 Å². The van der Waals surface area contributed by atoms with E-state index in [0.29, 0.717) is 11.8 Å². The van der Waals surface area contributed by atoms with Gasteiger partial charge in [0.2, 0.25) is 0 Å². The van der Waals surface area contributed by atoms with E-state index in [0.717, 1.165) is 48.3 Å². The lowest BCUT2D eigenvalue weighted by Gasteiger charge is -2.26. The molecule has 2 rings (SSSR count). The Morgan fingerprint density at radius 3 is 2.95 bits per heavy atom. The predicted molar refractivity (Wildman–Crippen MR) is 83.6 cm³/mol. The van der Waals surface area contributed by atoms with Crippen LogP contribution in [0.4, 0.5) is 5.13 Å². The molecule has 1 aliphatic heterocycles. The van der Waals surface area contributed by atoms with Crippen LogP contribution in [0.15, 0.2) is 0 Å². The van der Waals surface area contributed by atoms with Crippen LogP contribution >= 0.6 is 11.3 Å². The third-order valence-electron chi connectivity index (χ3n) is 4.05. The van der Waals surface area contributed by atoms with Crippen LogP contribution in [-0.2, 0) is 11.3 Å². The van der Waals surface area contributed by atoms with Gasteiger partial charge in [0.1, 0.15) is 0 Å². The van der Waals surface area contributed by atoms with Crippen LogP contribution in [0.5, 0.6) is 0 Å². The number of anilines is 1. The normalized spacial score (nSPS) is 20.9. The molecule has 1 saturated heterocycles. The van der Waals surface area contributed by atoms with Gasteiger partial charge in [0.25, 0.3) is 0 Å². The molecule has 2 heterocycles. The maximum absolute atomic E-state index is 9.51. The quantitative estimate of drug-likeness (QED) is 0.877. The summed E-state index contributed by atoms with van der Waals surface area (Å²) in [5.41, 5.74) is 1.07. The molecule has 5 heteroatoms. The van der Waals surface area contributed by atoms with Crippen molar-refractivity contribution in [1.29, 1.82) is 0 Å². The molecule has 0 amide bonds. The first-order valence-corrected chi connectivity index (χ1v) is 8.36. The number of ether oxygens (including phenoxy) is 1. The molecule has 0 aromatic carbocycles. The lowest BCUT2D eigenvalue weighted by atomic mass is 10.0. The van der Waals surface area contributed by atoms with Crippen LogP contribution < -0.4 is 4.90 Å². The van der Waals surface area contributed by atoms with Crippen molar-refractivity contribution < 1.29 is 9.84 Å². The Labute approximate surface area is 125 Å². The summed E-state index contributed by atoms with van der Waals surface area (Å²) in [6.07, 6.45) is 3.45. The zero-order valence-electron chi connectivity index (χ0n) is 12.8. The van der Waals surface area contributed by atoms with Crippen LogP contribution in [-0.4, -0.2) is 36.9 Å². The zero-order valence-corrected chi connectivity index (χ0v) is 13.6. The van der Waals surface area contributed by atoms with Crippen LogP contribution in [0.3, 0.4) is 0 Å². The molecule has 0 radical (unpaired) electrons. The van der Waals surface area contributed by atoms with Crippen LogP contribution in [0.25, 0.3) is 0 Å². The fourth-order valence-corrected chi connectivity index (χ4v) is 3.63. The van der Waals surface area contributed by atoms with Crippen molar-refractivity contribution in [3.63, 3.8) is 0 Å². The SMILES string of the molecule is CCC(C)c1nc(N(C)CC2CCCOC2)sc1CO. The average Bonchev–Trinajstić information content (AvgIpc) is 2.92. The second-order valence-corrected chi connectivity index (χ2v) is 6.80. The number of aliphatic hydroxyl groups excluding tert-OH is 1. The molecule has 4 nitrogen and oxygen atoms in total. The van der Waals surface area contributed by atoms with Gasteiger partial charge >= 0.3 is 0 Å². The third kappa shape index (κ3) is 3.71. The summed E-state index contributed by atoms with van der Waals surface area (Å²) in [4.78, 5) is 7.99. The first kappa shape index (κ1) is 15.7. The Hall–Kier alpha value is -0.650. The molecule has 2 atom stereocenters. The van der Waals surface area contributed by atoms with E-state index in [1.807, 2.05) is 0 Å². The lowest BCUT2D eigenvalue weighted by molar-refractivity contribution is 0.0576. The van der Waals surface area contributed by atoms with Gasteiger partial charge in [-0.25, -0.2) is 4.98 Å². The highest BCUT2D eigenvalue weighted by Gasteiger charge is 2.20. The molecule has 0 saturated carbocycles. The Morgan fingerprint density at radius 1 is 1.55 bits per heavy atom. The minimum atomic E-state index is 0.0950. The minimum absolute atomic E-state index is 0.0950. The first-order chi connectivity index (χ1) is 9.65. The van der Waals surface area contributed by atoms with E-state index in [2.05, 4.69) is 25.8 Å². The van der Waals surface area contributed by atoms with E-state index < -0.39 is 0 Å². The van der Waals surface area contributed by atoms with Gasteiger partial charge in [0.15, 0.2) is 5.13 Å². The van der Waals surface area contributed by atoms with E-state index in [1.165, 1.54) is 6.42 Å². The lowest BCUT2D eigenvalue weighted by Crippen LogP contribution is -2.30. The van der Waals surface area contributed by atoms with E-state index in [-0.39, 0.29) is 6.61 Å². The van der Waals surface area contributed by atoms with Gasteiger partial charge in [-0.15, -0.1) is 0 Å². The second-order valence-electron chi connectivity index (χ2n) is 5.74. The first-order valence-electron chi connectivity index (χ1n) is 7.55. The number of aromatic nitrogens is 1.